The molecule has 0 aliphatic heterocycles. The molecule has 0 amide bonds. The van der Waals surface area contributed by atoms with Crippen molar-refractivity contribution in [3.05, 3.63) is 53.6 Å². The Labute approximate surface area is 113 Å². The molecule has 2 rings (SSSR count). The minimum absolute atomic E-state index is 0.132. The highest BCUT2D eigenvalue weighted by molar-refractivity contribution is 5.47. The van der Waals surface area contributed by atoms with Crippen LogP contribution in [0.1, 0.15) is 25.0 Å². The lowest BCUT2D eigenvalue weighted by atomic mass is 9.78. The summed E-state index contributed by atoms with van der Waals surface area (Å²) in [5.74, 6) is 0.847. The molecule has 0 heterocycles. The smallest absolute Gasteiger partial charge is 0.160 e. The van der Waals surface area contributed by atoms with Crippen molar-refractivity contribution in [3.63, 3.8) is 0 Å². The van der Waals surface area contributed by atoms with Crippen LogP contribution in [0.2, 0.25) is 0 Å². The number of phenolic OH excluding ortho intramolecular Hbond substituents is 2. The average Bonchev–Trinajstić information content (AvgIpc) is 2.39. The Morgan fingerprint density at radius 2 is 1.47 bits per heavy atom. The van der Waals surface area contributed by atoms with Crippen molar-refractivity contribution in [2.45, 2.75) is 19.3 Å². The van der Waals surface area contributed by atoms with Gasteiger partial charge in [0, 0.05) is 5.41 Å². The van der Waals surface area contributed by atoms with Crippen molar-refractivity contribution in [1.29, 1.82) is 0 Å². The van der Waals surface area contributed by atoms with Crippen LogP contribution in [0.4, 0.5) is 0 Å². The summed E-state index contributed by atoms with van der Waals surface area (Å²) in [5.41, 5.74) is 1.88. The van der Waals surface area contributed by atoms with E-state index in [1.54, 1.807) is 18.2 Å². The second-order valence-electron chi connectivity index (χ2n) is 5.06. The number of rotatable bonds is 3. The van der Waals surface area contributed by atoms with E-state index in [9.17, 15) is 10.2 Å². The maximum atomic E-state index is 9.65. The van der Waals surface area contributed by atoms with Crippen molar-refractivity contribution in [2.24, 2.45) is 0 Å². The highest BCUT2D eigenvalue weighted by atomic mass is 16.5. The molecule has 19 heavy (non-hydrogen) atoms. The van der Waals surface area contributed by atoms with E-state index in [0.29, 0.717) is 5.75 Å². The predicted molar refractivity (Wildman–Crippen MR) is 74.9 cm³/mol. The molecule has 0 saturated carbocycles. The molecule has 0 bridgehead atoms. The van der Waals surface area contributed by atoms with Crippen molar-refractivity contribution in [2.75, 3.05) is 7.11 Å². The second kappa shape index (κ2) is 4.84. The zero-order valence-corrected chi connectivity index (χ0v) is 11.3. The van der Waals surface area contributed by atoms with Gasteiger partial charge >= 0.3 is 0 Å². The van der Waals surface area contributed by atoms with Crippen LogP contribution in [0.25, 0.3) is 0 Å². The lowest BCUT2D eigenvalue weighted by molar-refractivity contribution is 0.372. The Morgan fingerprint density at radius 3 is 2.05 bits per heavy atom. The number of ether oxygens (including phenoxy) is 1. The highest BCUT2D eigenvalue weighted by Crippen LogP contribution is 2.36. The van der Waals surface area contributed by atoms with Gasteiger partial charge in [0.1, 0.15) is 5.75 Å². The topological polar surface area (TPSA) is 49.7 Å². The Balaban J connectivity index is 2.46. The summed E-state index contributed by atoms with van der Waals surface area (Å²) in [6, 6.07) is 12.5. The third-order valence-electron chi connectivity index (χ3n) is 3.49. The molecule has 3 heteroatoms. The van der Waals surface area contributed by atoms with Crippen molar-refractivity contribution >= 4 is 0 Å². The molecule has 0 aliphatic rings. The molecule has 0 atom stereocenters. The van der Waals surface area contributed by atoms with E-state index in [1.165, 1.54) is 7.11 Å². The lowest BCUT2D eigenvalue weighted by Crippen LogP contribution is -2.18. The number of methoxy groups -OCH3 is 1. The summed E-state index contributed by atoms with van der Waals surface area (Å²) in [6.45, 7) is 4.18. The van der Waals surface area contributed by atoms with E-state index in [0.717, 1.165) is 11.1 Å². The normalized spacial score (nSPS) is 11.3. The van der Waals surface area contributed by atoms with Gasteiger partial charge in [-0.1, -0.05) is 32.0 Å². The SMILES string of the molecule is COc1cc(C(C)(C)c2ccc(O)cc2)ccc1O. The Hall–Kier alpha value is -2.16. The highest BCUT2D eigenvalue weighted by Gasteiger charge is 2.24. The van der Waals surface area contributed by atoms with Gasteiger partial charge in [0.25, 0.3) is 0 Å². The maximum absolute atomic E-state index is 9.65. The van der Waals surface area contributed by atoms with Crippen molar-refractivity contribution < 1.29 is 14.9 Å². The first-order valence-corrected chi connectivity index (χ1v) is 6.12. The summed E-state index contributed by atoms with van der Waals surface area (Å²) in [6.07, 6.45) is 0. The molecule has 0 saturated heterocycles. The minimum Gasteiger partial charge on any atom is -0.508 e. The van der Waals surface area contributed by atoms with Crippen molar-refractivity contribution in [3.8, 4) is 17.2 Å². The standard InChI is InChI=1S/C16H18O3/c1-16(2,11-4-7-13(17)8-5-11)12-6-9-14(18)15(10-12)19-3/h4-10,17-18H,1-3H3. The van der Waals surface area contributed by atoms with Gasteiger partial charge < -0.3 is 14.9 Å². The average molecular weight is 258 g/mol. The number of hydrogen-bond acceptors (Lipinski definition) is 3. The first-order valence-electron chi connectivity index (χ1n) is 6.12. The van der Waals surface area contributed by atoms with Gasteiger partial charge in [-0.05, 0) is 35.4 Å². The van der Waals surface area contributed by atoms with Crippen LogP contribution in [0.3, 0.4) is 0 Å². The summed E-state index contributed by atoms with van der Waals surface area (Å²) in [5, 5.41) is 19.0. The van der Waals surface area contributed by atoms with Crippen LogP contribution in [0.5, 0.6) is 17.2 Å². The Morgan fingerprint density at radius 1 is 0.895 bits per heavy atom. The monoisotopic (exact) mass is 258 g/mol. The van der Waals surface area contributed by atoms with Gasteiger partial charge in [-0.2, -0.15) is 0 Å². The Bertz CT molecular complexity index is 571. The molecule has 0 fully saturated rings. The van der Waals surface area contributed by atoms with E-state index < -0.39 is 0 Å². The number of phenols is 2. The second-order valence-corrected chi connectivity index (χ2v) is 5.06. The zero-order valence-electron chi connectivity index (χ0n) is 11.3. The fourth-order valence-electron chi connectivity index (χ4n) is 2.11. The predicted octanol–water partition coefficient (Wildman–Crippen LogP) is 3.43. The first kappa shape index (κ1) is 13.3. The zero-order chi connectivity index (χ0) is 14.0. The fraction of sp³-hybridized carbons (Fsp3) is 0.250. The molecule has 2 aromatic rings. The van der Waals surface area contributed by atoms with Gasteiger partial charge in [-0.15, -0.1) is 0 Å². The third-order valence-corrected chi connectivity index (χ3v) is 3.49. The van der Waals surface area contributed by atoms with Crippen LogP contribution in [-0.2, 0) is 5.41 Å². The molecule has 100 valence electrons. The van der Waals surface area contributed by atoms with Gasteiger partial charge in [0.2, 0.25) is 0 Å². The van der Waals surface area contributed by atoms with E-state index in [-0.39, 0.29) is 16.9 Å². The summed E-state index contributed by atoms with van der Waals surface area (Å²) in [4.78, 5) is 0. The lowest BCUT2D eigenvalue weighted by Gasteiger charge is -2.26. The van der Waals surface area contributed by atoms with Crippen LogP contribution in [-0.4, -0.2) is 17.3 Å². The summed E-state index contributed by atoms with van der Waals surface area (Å²) >= 11 is 0. The molecule has 3 nitrogen and oxygen atoms in total. The third kappa shape index (κ3) is 2.50. The van der Waals surface area contributed by atoms with Gasteiger partial charge in [0.05, 0.1) is 7.11 Å². The van der Waals surface area contributed by atoms with E-state index in [1.807, 2.05) is 24.3 Å². The summed E-state index contributed by atoms with van der Waals surface area (Å²) < 4.78 is 5.15. The number of benzene rings is 2. The first-order chi connectivity index (χ1) is 8.95. The molecule has 2 aromatic carbocycles. The van der Waals surface area contributed by atoms with Crippen molar-refractivity contribution in [1.82, 2.24) is 0 Å². The van der Waals surface area contributed by atoms with Gasteiger partial charge in [0.15, 0.2) is 11.5 Å². The van der Waals surface area contributed by atoms with Crippen LogP contribution in [0.15, 0.2) is 42.5 Å². The molecule has 0 spiro atoms. The van der Waals surface area contributed by atoms with E-state index in [4.69, 9.17) is 4.74 Å². The number of hydrogen-bond donors (Lipinski definition) is 2. The minimum atomic E-state index is -0.241. The Kier molecular flexibility index (Phi) is 3.38. The summed E-state index contributed by atoms with van der Waals surface area (Å²) in [7, 11) is 1.53. The van der Waals surface area contributed by atoms with E-state index in [2.05, 4.69) is 13.8 Å². The van der Waals surface area contributed by atoms with Crippen LogP contribution >= 0.6 is 0 Å². The largest absolute Gasteiger partial charge is 0.508 e. The number of aromatic hydroxyl groups is 2. The van der Waals surface area contributed by atoms with E-state index >= 15 is 0 Å². The molecule has 2 N–H and O–H groups in total. The molecular weight excluding hydrogens is 240 g/mol. The quantitative estimate of drug-likeness (QED) is 0.886. The van der Waals surface area contributed by atoms with Crippen LogP contribution < -0.4 is 4.74 Å². The fourth-order valence-corrected chi connectivity index (χ4v) is 2.11. The molecule has 0 unspecified atom stereocenters. The van der Waals surface area contributed by atoms with Crippen LogP contribution in [0, 0.1) is 0 Å². The van der Waals surface area contributed by atoms with Gasteiger partial charge in [-0.25, -0.2) is 0 Å². The molecule has 0 aliphatic carbocycles. The van der Waals surface area contributed by atoms with Gasteiger partial charge in [-0.3, -0.25) is 0 Å². The molecule has 0 radical (unpaired) electrons. The molecule has 0 aromatic heterocycles. The molecular formula is C16H18O3. The maximum Gasteiger partial charge on any atom is 0.160 e.